The maximum Gasteiger partial charge on any atom is 1.00 e. The van der Waals surface area contributed by atoms with Crippen LogP contribution in [0.3, 0.4) is 0 Å². The van der Waals surface area contributed by atoms with Gasteiger partial charge in [-0.1, -0.05) is 51.2 Å². The molecule has 0 heterocycles. The molecule has 0 aromatic carbocycles. The molecule has 0 amide bonds. The summed E-state index contributed by atoms with van der Waals surface area (Å²) in [5.74, 6) is -1.03. The van der Waals surface area contributed by atoms with Crippen LogP contribution in [0, 0.1) is 0 Å². The molecule has 22 heavy (non-hydrogen) atoms. The van der Waals surface area contributed by atoms with Gasteiger partial charge in [-0.3, -0.25) is 0 Å². The second-order valence-corrected chi connectivity index (χ2v) is 5.88. The van der Waals surface area contributed by atoms with Gasteiger partial charge in [0.25, 0.3) is 0 Å². The smallest absolute Gasteiger partial charge is 0.550 e. The zero-order valence-corrected chi connectivity index (χ0v) is 16.7. The van der Waals surface area contributed by atoms with Gasteiger partial charge in [-0.15, -0.1) is 0 Å². The Kier molecular flexibility index (Phi) is 21.3. The molecule has 124 valence electrons. The predicted octanol–water partition coefficient (Wildman–Crippen LogP) is 0.749. The number of unbranched alkanes of at least 4 members (excludes halogenated alkanes) is 7. The van der Waals surface area contributed by atoms with Crippen molar-refractivity contribution in [2.75, 3.05) is 0 Å². The molecule has 0 saturated heterocycles. The Balaban J connectivity index is 0. The minimum absolute atomic E-state index is 0. The first-order valence-electron chi connectivity index (χ1n) is 8.69. The Labute approximate surface area is 158 Å². The third-order valence-corrected chi connectivity index (χ3v) is 3.72. The normalized spacial score (nSPS) is 12.3. The van der Waals surface area contributed by atoms with E-state index in [0.717, 1.165) is 19.3 Å². The summed E-state index contributed by atoms with van der Waals surface area (Å²) >= 11 is 0. The standard InChI is InChI=1S/C18H34O3.Na/c1-2-3-4-5-6-7-8-9-10-11-12-14-17(19)15-13-16-18(20)21;/h9-10,17,19H,2-8,11-16H2,1H3,(H,20,21);/q;+1/p-1/b10-9-;. The van der Waals surface area contributed by atoms with E-state index in [9.17, 15) is 15.0 Å². The maximum absolute atomic E-state index is 10.2. The Hall–Kier alpha value is 0.170. The van der Waals surface area contributed by atoms with E-state index in [2.05, 4.69) is 19.1 Å². The number of rotatable bonds is 15. The summed E-state index contributed by atoms with van der Waals surface area (Å²) in [6.45, 7) is 2.24. The quantitative estimate of drug-likeness (QED) is 0.275. The van der Waals surface area contributed by atoms with Crippen LogP contribution in [0.25, 0.3) is 0 Å². The summed E-state index contributed by atoms with van der Waals surface area (Å²) in [6, 6.07) is 0. The fourth-order valence-corrected chi connectivity index (χ4v) is 2.38. The first kappa shape index (κ1) is 24.4. The Morgan fingerprint density at radius 2 is 1.50 bits per heavy atom. The molecule has 1 N–H and O–H groups in total. The summed E-state index contributed by atoms with van der Waals surface area (Å²) < 4.78 is 0. The van der Waals surface area contributed by atoms with Crippen molar-refractivity contribution in [2.24, 2.45) is 0 Å². The number of carbonyl (C=O) groups is 1. The van der Waals surface area contributed by atoms with E-state index in [1.165, 1.54) is 44.9 Å². The largest absolute Gasteiger partial charge is 1.00 e. The van der Waals surface area contributed by atoms with Gasteiger partial charge < -0.3 is 15.0 Å². The molecule has 0 aliphatic rings. The van der Waals surface area contributed by atoms with Crippen LogP contribution in [0.1, 0.15) is 90.4 Å². The van der Waals surface area contributed by atoms with Crippen LogP contribution in [0.4, 0.5) is 0 Å². The van der Waals surface area contributed by atoms with Crippen molar-refractivity contribution in [2.45, 2.75) is 96.5 Å². The van der Waals surface area contributed by atoms with Crippen LogP contribution in [-0.2, 0) is 4.79 Å². The van der Waals surface area contributed by atoms with E-state index < -0.39 is 5.97 Å². The van der Waals surface area contributed by atoms with Crippen molar-refractivity contribution in [1.82, 2.24) is 0 Å². The topological polar surface area (TPSA) is 60.4 Å². The van der Waals surface area contributed by atoms with Crippen LogP contribution in [0.5, 0.6) is 0 Å². The number of allylic oxidation sites excluding steroid dienone is 2. The van der Waals surface area contributed by atoms with E-state index in [1.54, 1.807) is 0 Å². The van der Waals surface area contributed by atoms with Crippen LogP contribution >= 0.6 is 0 Å². The van der Waals surface area contributed by atoms with Gasteiger partial charge in [-0.05, 0) is 51.4 Å². The molecule has 0 aliphatic carbocycles. The number of aliphatic carboxylic acids is 1. The summed E-state index contributed by atoms with van der Waals surface area (Å²) in [5.41, 5.74) is 0. The predicted molar refractivity (Wildman–Crippen MR) is 85.8 cm³/mol. The fraction of sp³-hybridized carbons (Fsp3) is 0.833. The molecular weight excluding hydrogens is 287 g/mol. The number of aliphatic hydroxyl groups is 1. The fourth-order valence-electron chi connectivity index (χ4n) is 2.38. The molecule has 3 nitrogen and oxygen atoms in total. The van der Waals surface area contributed by atoms with Gasteiger partial charge in [-0.2, -0.15) is 0 Å². The zero-order chi connectivity index (χ0) is 15.8. The molecule has 1 atom stereocenters. The minimum atomic E-state index is -1.03. The zero-order valence-electron chi connectivity index (χ0n) is 14.7. The second-order valence-electron chi connectivity index (χ2n) is 5.88. The van der Waals surface area contributed by atoms with Crippen LogP contribution in [0.2, 0.25) is 0 Å². The number of hydrogen-bond donors (Lipinski definition) is 1. The summed E-state index contributed by atoms with van der Waals surface area (Å²) in [4.78, 5) is 10.2. The number of carboxylic acid groups (broad SMARTS) is 1. The number of aliphatic hydroxyl groups excluding tert-OH is 1. The molecular formula is C18H33NaO3. The van der Waals surface area contributed by atoms with Crippen molar-refractivity contribution in [3.05, 3.63) is 12.2 Å². The first-order valence-corrected chi connectivity index (χ1v) is 8.69. The molecule has 0 aromatic heterocycles. The monoisotopic (exact) mass is 320 g/mol. The van der Waals surface area contributed by atoms with E-state index in [4.69, 9.17) is 0 Å². The molecule has 4 heteroatoms. The Morgan fingerprint density at radius 3 is 2.14 bits per heavy atom. The van der Waals surface area contributed by atoms with Crippen molar-refractivity contribution in [3.63, 3.8) is 0 Å². The number of hydrogen-bond acceptors (Lipinski definition) is 3. The first-order chi connectivity index (χ1) is 10.2. The molecule has 0 fully saturated rings. The average molecular weight is 320 g/mol. The number of carbonyl (C=O) groups excluding carboxylic acids is 1. The van der Waals surface area contributed by atoms with E-state index in [-0.39, 0.29) is 42.1 Å². The van der Waals surface area contributed by atoms with Gasteiger partial charge in [0.2, 0.25) is 0 Å². The van der Waals surface area contributed by atoms with E-state index in [1.807, 2.05) is 0 Å². The maximum atomic E-state index is 10.2. The van der Waals surface area contributed by atoms with Crippen molar-refractivity contribution < 1.29 is 44.6 Å². The molecule has 0 rings (SSSR count). The van der Waals surface area contributed by atoms with Gasteiger partial charge in [0.05, 0.1) is 6.10 Å². The Bertz CT molecular complexity index is 267. The minimum Gasteiger partial charge on any atom is -0.550 e. The molecule has 0 bridgehead atoms. The third-order valence-electron chi connectivity index (χ3n) is 3.72. The third kappa shape index (κ3) is 20.2. The second kappa shape index (κ2) is 19.2. The van der Waals surface area contributed by atoms with Crippen molar-refractivity contribution in [1.29, 1.82) is 0 Å². The Morgan fingerprint density at radius 1 is 0.955 bits per heavy atom. The van der Waals surface area contributed by atoms with Gasteiger partial charge in [0.1, 0.15) is 0 Å². The summed E-state index contributed by atoms with van der Waals surface area (Å²) in [6.07, 6.45) is 17.1. The van der Waals surface area contributed by atoms with Gasteiger partial charge in [0.15, 0.2) is 0 Å². The SMILES string of the molecule is CCCCCCCC/C=C\CCCC(O)CCCC(=O)[O-].[Na+]. The van der Waals surface area contributed by atoms with Crippen LogP contribution in [-0.4, -0.2) is 17.2 Å². The molecule has 0 aromatic rings. The van der Waals surface area contributed by atoms with Crippen LogP contribution < -0.4 is 34.7 Å². The molecule has 0 spiro atoms. The van der Waals surface area contributed by atoms with Gasteiger partial charge in [0, 0.05) is 5.97 Å². The van der Waals surface area contributed by atoms with Crippen molar-refractivity contribution >= 4 is 5.97 Å². The van der Waals surface area contributed by atoms with Gasteiger partial charge in [-0.25, -0.2) is 0 Å². The summed E-state index contributed by atoms with van der Waals surface area (Å²) in [7, 11) is 0. The van der Waals surface area contributed by atoms with E-state index >= 15 is 0 Å². The number of carboxylic acids is 1. The molecule has 1 unspecified atom stereocenters. The molecule has 0 aliphatic heterocycles. The van der Waals surface area contributed by atoms with Gasteiger partial charge >= 0.3 is 29.6 Å². The van der Waals surface area contributed by atoms with Crippen LogP contribution in [0.15, 0.2) is 12.2 Å². The van der Waals surface area contributed by atoms with Crippen molar-refractivity contribution in [3.8, 4) is 0 Å². The van der Waals surface area contributed by atoms with E-state index in [0.29, 0.717) is 12.8 Å². The summed E-state index contributed by atoms with van der Waals surface area (Å²) in [5, 5.41) is 19.9. The molecule has 0 radical (unpaired) electrons. The molecule has 0 saturated carbocycles. The average Bonchev–Trinajstić information content (AvgIpc) is 2.44.